The second kappa shape index (κ2) is 4.84. The molecule has 0 saturated carbocycles. The van der Waals surface area contributed by atoms with Crippen molar-refractivity contribution in [2.75, 3.05) is 20.8 Å². The van der Waals surface area contributed by atoms with Gasteiger partial charge in [-0.3, -0.25) is 5.10 Å². The van der Waals surface area contributed by atoms with Crippen molar-refractivity contribution in [1.29, 1.82) is 0 Å². The van der Waals surface area contributed by atoms with Crippen molar-refractivity contribution in [3.63, 3.8) is 0 Å². The van der Waals surface area contributed by atoms with Crippen molar-refractivity contribution in [2.45, 2.75) is 13.0 Å². The second-order valence-electron chi connectivity index (χ2n) is 2.47. The standard InChI is InChI=1S/C7H14N4O/c1-8-5-7-9-6(10-11-7)3-4-12-2/h8H,3-5H2,1-2H3,(H,9,10,11). The van der Waals surface area contributed by atoms with Gasteiger partial charge in [-0.05, 0) is 7.05 Å². The van der Waals surface area contributed by atoms with Crippen LogP contribution in [0.1, 0.15) is 11.6 Å². The van der Waals surface area contributed by atoms with Crippen LogP contribution >= 0.6 is 0 Å². The quantitative estimate of drug-likeness (QED) is 0.637. The molecule has 0 aliphatic carbocycles. The van der Waals surface area contributed by atoms with Crippen molar-refractivity contribution < 1.29 is 4.74 Å². The Kier molecular flexibility index (Phi) is 3.69. The first-order chi connectivity index (χ1) is 5.86. The maximum atomic E-state index is 4.91. The van der Waals surface area contributed by atoms with Gasteiger partial charge in [0.15, 0.2) is 5.82 Å². The van der Waals surface area contributed by atoms with E-state index in [4.69, 9.17) is 4.74 Å². The molecule has 0 radical (unpaired) electrons. The first-order valence-corrected chi connectivity index (χ1v) is 3.90. The Morgan fingerprint density at radius 3 is 3.08 bits per heavy atom. The zero-order chi connectivity index (χ0) is 8.81. The average molecular weight is 170 g/mol. The molecule has 5 heteroatoms. The minimum absolute atomic E-state index is 0.664. The molecule has 0 saturated heterocycles. The van der Waals surface area contributed by atoms with Gasteiger partial charge in [-0.25, -0.2) is 4.98 Å². The van der Waals surface area contributed by atoms with Gasteiger partial charge >= 0.3 is 0 Å². The summed E-state index contributed by atoms with van der Waals surface area (Å²) in [7, 11) is 3.54. The van der Waals surface area contributed by atoms with Crippen LogP contribution in [0.3, 0.4) is 0 Å². The molecule has 5 nitrogen and oxygen atoms in total. The first kappa shape index (κ1) is 9.15. The first-order valence-electron chi connectivity index (χ1n) is 3.90. The van der Waals surface area contributed by atoms with E-state index in [0.29, 0.717) is 6.61 Å². The number of rotatable bonds is 5. The number of nitrogens with zero attached hydrogens (tertiary/aromatic N) is 2. The lowest BCUT2D eigenvalue weighted by atomic mass is 10.4. The molecule has 12 heavy (non-hydrogen) atoms. The topological polar surface area (TPSA) is 62.8 Å². The highest BCUT2D eigenvalue weighted by atomic mass is 16.5. The third-order valence-electron chi connectivity index (χ3n) is 1.45. The zero-order valence-corrected chi connectivity index (χ0v) is 7.42. The van der Waals surface area contributed by atoms with Crippen LogP contribution in [0.25, 0.3) is 0 Å². The molecule has 0 bridgehead atoms. The van der Waals surface area contributed by atoms with Gasteiger partial charge in [0.25, 0.3) is 0 Å². The Bertz CT molecular complexity index is 223. The maximum absolute atomic E-state index is 4.91. The number of methoxy groups -OCH3 is 1. The van der Waals surface area contributed by atoms with Gasteiger partial charge in [-0.15, -0.1) is 0 Å². The van der Waals surface area contributed by atoms with E-state index in [2.05, 4.69) is 20.5 Å². The van der Waals surface area contributed by atoms with Gasteiger partial charge in [0.2, 0.25) is 0 Å². The number of hydrogen-bond donors (Lipinski definition) is 2. The lowest BCUT2D eigenvalue weighted by molar-refractivity contribution is 0.200. The summed E-state index contributed by atoms with van der Waals surface area (Å²) in [5.74, 6) is 1.67. The van der Waals surface area contributed by atoms with Crippen LogP contribution in [-0.4, -0.2) is 35.9 Å². The van der Waals surface area contributed by atoms with Gasteiger partial charge < -0.3 is 10.1 Å². The van der Waals surface area contributed by atoms with Crippen LogP contribution in [0, 0.1) is 0 Å². The maximum Gasteiger partial charge on any atom is 0.153 e. The zero-order valence-electron chi connectivity index (χ0n) is 7.42. The average Bonchev–Trinajstić information content (AvgIpc) is 2.50. The monoisotopic (exact) mass is 170 g/mol. The summed E-state index contributed by atoms with van der Waals surface area (Å²) in [4.78, 5) is 4.23. The predicted octanol–water partition coefficient (Wildman–Crippen LogP) is -0.287. The minimum atomic E-state index is 0.664. The predicted molar refractivity (Wildman–Crippen MR) is 44.7 cm³/mol. The molecule has 68 valence electrons. The molecule has 1 rings (SSSR count). The third-order valence-corrected chi connectivity index (χ3v) is 1.45. The molecule has 1 aromatic rings. The van der Waals surface area contributed by atoms with Crippen molar-refractivity contribution in [3.8, 4) is 0 Å². The highest BCUT2D eigenvalue weighted by Crippen LogP contribution is 1.93. The smallest absolute Gasteiger partial charge is 0.153 e. The summed E-state index contributed by atoms with van der Waals surface area (Å²) in [6.45, 7) is 1.39. The summed E-state index contributed by atoms with van der Waals surface area (Å²) in [6, 6.07) is 0. The molecule has 0 fully saturated rings. The van der Waals surface area contributed by atoms with Crippen molar-refractivity contribution in [2.24, 2.45) is 0 Å². The van der Waals surface area contributed by atoms with Crippen LogP contribution in [0.4, 0.5) is 0 Å². The minimum Gasteiger partial charge on any atom is -0.384 e. The van der Waals surface area contributed by atoms with Crippen molar-refractivity contribution in [1.82, 2.24) is 20.5 Å². The Morgan fingerprint density at radius 1 is 1.58 bits per heavy atom. The van der Waals surface area contributed by atoms with Crippen LogP contribution in [0.2, 0.25) is 0 Å². The summed E-state index contributed by atoms with van der Waals surface area (Å²) in [5.41, 5.74) is 0. The summed E-state index contributed by atoms with van der Waals surface area (Å²) >= 11 is 0. The lowest BCUT2D eigenvalue weighted by Gasteiger charge is -1.92. The number of aromatic amines is 1. The fraction of sp³-hybridized carbons (Fsp3) is 0.714. The highest BCUT2D eigenvalue weighted by Gasteiger charge is 2.00. The van der Waals surface area contributed by atoms with E-state index in [9.17, 15) is 0 Å². The van der Waals surface area contributed by atoms with Crippen molar-refractivity contribution >= 4 is 0 Å². The van der Waals surface area contributed by atoms with E-state index in [1.165, 1.54) is 0 Å². The largest absolute Gasteiger partial charge is 0.384 e. The van der Waals surface area contributed by atoms with Crippen LogP contribution in [-0.2, 0) is 17.7 Å². The van der Waals surface area contributed by atoms with Crippen molar-refractivity contribution in [3.05, 3.63) is 11.6 Å². The van der Waals surface area contributed by atoms with Gasteiger partial charge in [0.1, 0.15) is 5.82 Å². The van der Waals surface area contributed by atoms with Crippen LogP contribution in [0.15, 0.2) is 0 Å². The molecule has 0 atom stereocenters. The van der Waals surface area contributed by atoms with E-state index in [1.807, 2.05) is 7.05 Å². The molecule has 2 N–H and O–H groups in total. The Labute approximate surface area is 71.5 Å². The fourth-order valence-electron chi connectivity index (χ4n) is 0.886. The van der Waals surface area contributed by atoms with E-state index < -0.39 is 0 Å². The van der Waals surface area contributed by atoms with E-state index in [1.54, 1.807) is 7.11 Å². The van der Waals surface area contributed by atoms with Gasteiger partial charge in [0.05, 0.1) is 13.2 Å². The molecular weight excluding hydrogens is 156 g/mol. The number of H-pyrrole nitrogens is 1. The molecule has 0 aliphatic rings. The van der Waals surface area contributed by atoms with E-state index in [-0.39, 0.29) is 0 Å². The highest BCUT2D eigenvalue weighted by molar-refractivity contribution is 4.89. The molecular formula is C7H14N4O. The third kappa shape index (κ3) is 2.60. The molecule has 1 aromatic heterocycles. The second-order valence-corrected chi connectivity index (χ2v) is 2.47. The Balaban J connectivity index is 2.41. The molecule has 0 spiro atoms. The fourth-order valence-corrected chi connectivity index (χ4v) is 0.886. The summed E-state index contributed by atoms with van der Waals surface area (Å²) in [6.07, 6.45) is 0.761. The summed E-state index contributed by atoms with van der Waals surface area (Å²) in [5, 5.41) is 9.84. The van der Waals surface area contributed by atoms with Crippen LogP contribution < -0.4 is 5.32 Å². The Hall–Kier alpha value is -0.940. The number of aromatic nitrogens is 3. The van der Waals surface area contributed by atoms with Gasteiger partial charge in [-0.2, -0.15) is 5.10 Å². The van der Waals surface area contributed by atoms with Gasteiger partial charge in [0, 0.05) is 13.5 Å². The van der Waals surface area contributed by atoms with E-state index in [0.717, 1.165) is 24.6 Å². The molecule has 0 aromatic carbocycles. The number of nitrogens with one attached hydrogen (secondary N) is 2. The Morgan fingerprint density at radius 2 is 2.42 bits per heavy atom. The molecule has 0 aliphatic heterocycles. The van der Waals surface area contributed by atoms with Gasteiger partial charge in [-0.1, -0.05) is 0 Å². The van der Waals surface area contributed by atoms with Crippen LogP contribution in [0.5, 0.6) is 0 Å². The normalized spacial score (nSPS) is 10.5. The lowest BCUT2D eigenvalue weighted by Crippen LogP contribution is -2.06. The molecule has 0 unspecified atom stereocenters. The number of ether oxygens (including phenoxy) is 1. The SMILES string of the molecule is CNCc1nc(CCOC)n[nH]1. The van der Waals surface area contributed by atoms with E-state index >= 15 is 0 Å². The molecule has 1 heterocycles. The number of hydrogen-bond acceptors (Lipinski definition) is 4. The summed E-state index contributed by atoms with van der Waals surface area (Å²) < 4.78 is 4.91. The molecule has 0 amide bonds.